The van der Waals surface area contributed by atoms with E-state index >= 15 is 0 Å². The van der Waals surface area contributed by atoms with Crippen LogP contribution in [0.2, 0.25) is 0 Å². The Bertz CT molecular complexity index is 473. The molecule has 0 bridgehead atoms. The Kier molecular flexibility index (Phi) is 7.12. The van der Waals surface area contributed by atoms with E-state index in [9.17, 15) is 4.79 Å². The quantitative estimate of drug-likeness (QED) is 0.417. The van der Waals surface area contributed by atoms with Gasteiger partial charge >= 0.3 is 0 Å². The molecule has 0 unspecified atom stereocenters. The Morgan fingerprint density at radius 3 is 2.68 bits per heavy atom. The lowest BCUT2D eigenvalue weighted by Gasteiger charge is -2.30. The van der Waals surface area contributed by atoms with Crippen LogP contribution in [0.4, 0.5) is 0 Å². The van der Waals surface area contributed by atoms with Crippen molar-refractivity contribution in [2.45, 2.75) is 46.1 Å². The molecule has 1 rings (SSSR count). The highest BCUT2D eigenvalue weighted by atomic mass is 32.2. The molecule has 0 saturated carbocycles. The molecule has 0 aliphatic carbocycles. The van der Waals surface area contributed by atoms with E-state index in [4.69, 9.17) is 22.5 Å². The fourth-order valence-corrected chi connectivity index (χ4v) is 3.28. The molecule has 124 valence electrons. The van der Waals surface area contributed by atoms with Gasteiger partial charge in [-0.2, -0.15) is 0 Å². The van der Waals surface area contributed by atoms with Crippen molar-refractivity contribution in [2.75, 3.05) is 25.4 Å². The van der Waals surface area contributed by atoms with Crippen molar-refractivity contribution in [1.29, 1.82) is 5.53 Å². The highest BCUT2D eigenvalue weighted by Gasteiger charge is 2.36. The number of hydrogen-bond donors (Lipinski definition) is 1. The van der Waals surface area contributed by atoms with E-state index in [0.717, 1.165) is 5.75 Å². The SMILES string of the molecule is CC(C)(CCN=[N+]=N)OCCC(C)(C)C(=O)N1CCSC1=S. The number of amides is 1. The fourth-order valence-electron chi connectivity index (χ4n) is 2.07. The predicted molar refractivity (Wildman–Crippen MR) is 92.0 cm³/mol. The summed E-state index contributed by atoms with van der Waals surface area (Å²) in [5, 5.41) is 3.64. The van der Waals surface area contributed by atoms with E-state index in [1.54, 1.807) is 16.7 Å². The summed E-state index contributed by atoms with van der Waals surface area (Å²) in [6, 6.07) is 0. The molecule has 0 radical (unpaired) electrons. The number of rotatable bonds is 8. The summed E-state index contributed by atoms with van der Waals surface area (Å²) >= 11 is 6.78. The van der Waals surface area contributed by atoms with Gasteiger partial charge in [0.05, 0.1) is 5.60 Å². The largest absolute Gasteiger partial charge is 0.375 e. The molecule has 0 aromatic carbocycles. The van der Waals surface area contributed by atoms with Gasteiger partial charge in [-0.05, 0) is 20.3 Å². The summed E-state index contributed by atoms with van der Waals surface area (Å²) in [4.78, 5) is 17.3. The number of carbonyl (C=O) groups excluding carboxylic acids is 1. The Morgan fingerprint density at radius 1 is 1.45 bits per heavy atom. The maximum atomic E-state index is 12.6. The molecular weight excluding hydrogens is 320 g/mol. The second-order valence-corrected chi connectivity index (χ2v) is 8.26. The van der Waals surface area contributed by atoms with E-state index in [1.165, 1.54) is 0 Å². The molecule has 0 aromatic rings. The van der Waals surface area contributed by atoms with Gasteiger partial charge in [0.15, 0.2) is 0 Å². The van der Waals surface area contributed by atoms with Crippen LogP contribution in [0.5, 0.6) is 0 Å². The van der Waals surface area contributed by atoms with Crippen LogP contribution >= 0.6 is 24.0 Å². The first kappa shape index (κ1) is 19.2. The highest BCUT2D eigenvalue weighted by molar-refractivity contribution is 8.23. The molecule has 0 atom stereocenters. The van der Waals surface area contributed by atoms with Crippen LogP contribution in [0.3, 0.4) is 0 Å². The molecule has 8 heteroatoms. The second kappa shape index (κ2) is 8.15. The molecule has 0 aromatic heterocycles. The summed E-state index contributed by atoms with van der Waals surface area (Å²) in [7, 11) is 0. The summed E-state index contributed by atoms with van der Waals surface area (Å²) in [5.74, 6) is 0.960. The van der Waals surface area contributed by atoms with E-state index in [2.05, 4.69) is 10.0 Å². The molecule has 1 saturated heterocycles. The van der Waals surface area contributed by atoms with Crippen LogP contribution in [0.1, 0.15) is 40.5 Å². The first-order valence-corrected chi connectivity index (χ1v) is 8.75. The van der Waals surface area contributed by atoms with E-state index in [0.29, 0.717) is 36.9 Å². The minimum Gasteiger partial charge on any atom is -0.375 e. The summed E-state index contributed by atoms with van der Waals surface area (Å²) in [6.07, 6.45) is 1.33. The van der Waals surface area contributed by atoms with Crippen molar-refractivity contribution in [3.8, 4) is 0 Å². The van der Waals surface area contributed by atoms with Crippen LogP contribution in [-0.2, 0) is 9.53 Å². The first-order valence-electron chi connectivity index (χ1n) is 7.35. The Morgan fingerprint density at radius 2 is 2.14 bits per heavy atom. The number of ether oxygens (including phenoxy) is 1. The number of thioether (sulfide) groups is 1. The number of carbonyl (C=O) groups is 1. The number of thiocarbonyl (C=S) groups is 1. The van der Waals surface area contributed by atoms with Crippen LogP contribution in [0.15, 0.2) is 5.11 Å². The van der Waals surface area contributed by atoms with Crippen LogP contribution in [-0.4, -0.2) is 46.2 Å². The smallest absolute Gasteiger partial charge is 0.233 e. The molecular formula is C14H25N4O2S2+. The van der Waals surface area contributed by atoms with Crippen LogP contribution in [0, 0.1) is 10.9 Å². The van der Waals surface area contributed by atoms with Gasteiger partial charge in [-0.15, -0.1) is 0 Å². The lowest BCUT2D eigenvalue weighted by atomic mass is 9.88. The lowest BCUT2D eigenvalue weighted by Crippen LogP contribution is -2.42. The number of nitrogens with one attached hydrogen (secondary N) is 1. The average Bonchev–Trinajstić information content (AvgIpc) is 2.83. The van der Waals surface area contributed by atoms with Crippen molar-refractivity contribution in [2.24, 2.45) is 10.5 Å². The molecule has 6 nitrogen and oxygen atoms in total. The van der Waals surface area contributed by atoms with Crippen LogP contribution in [0.25, 0.3) is 0 Å². The average molecular weight is 346 g/mol. The van der Waals surface area contributed by atoms with Crippen molar-refractivity contribution >= 4 is 34.2 Å². The van der Waals surface area contributed by atoms with Crippen molar-refractivity contribution in [1.82, 2.24) is 9.81 Å². The third-order valence-electron chi connectivity index (χ3n) is 3.69. The molecule has 1 heterocycles. The first-order chi connectivity index (χ1) is 10.2. The van der Waals surface area contributed by atoms with Crippen LogP contribution < -0.4 is 4.91 Å². The van der Waals surface area contributed by atoms with Gasteiger partial charge in [-0.3, -0.25) is 9.69 Å². The zero-order valence-electron chi connectivity index (χ0n) is 13.7. The molecule has 1 aliphatic rings. The molecule has 22 heavy (non-hydrogen) atoms. The maximum absolute atomic E-state index is 12.6. The molecule has 1 N–H and O–H groups in total. The third-order valence-corrected chi connectivity index (χ3v) is 5.12. The van der Waals surface area contributed by atoms with Crippen molar-refractivity contribution < 1.29 is 9.53 Å². The monoisotopic (exact) mass is 345 g/mol. The van der Waals surface area contributed by atoms with Gasteiger partial charge in [0, 0.05) is 30.7 Å². The Labute approximate surface area is 141 Å². The Balaban J connectivity index is 2.46. The Hall–Kier alpha value is -0.820. The lowest BCUT2D eigenvalue weighted by molar-refractivity contribution is -0.137. The number of hydrogen-bond acceptors (Lipinski definition) is 6. The maximum Gasteiger partial charge on any atom is 0.233 e. The zero-order valence-corrected chi connectivity index (χ0v) is 15.4. The van der Waals surface area contributed by atoms with E-state index < -0.39 is 5.41 Å². The van der Waals surface area contributed by atoms with Gasteiger partial charge in [0.25, 0.3) is 0 Å². The standard InChI is InChI=1S/C14H25N4O2S2/c1-13(2,11(19)18-8-10-22-12(18)21)6-9-20-14(3,4)5-7-16-17-15/h15H,5-10H2,1-4H3/q+1. The third kappa shape index (κ3) is 5.76. The molecule has 1 aliphatic heterocycles. The number of nitrogens with zero attached hydrogens (tertiary/aromatic N) is 3. The van der Waals surface area contributed by atoms with Gasteiger partial charge in [-0.1, -0.05) is 37.8 Å². The van der Waals surface area contributed by atoms with Crippen molar-refractivity contribution in [3.05, 3.63) is 0 Å². The van der Waals surface area contributed by atoms with Gasteiger partial charge < -0.3 is 4.74 Å². The van der Waals surface area contributed by atoms with E-state index in [-0.39, 0.29) is 11.5 Å². The van der Waals surface area contributed by atoms with E-state index in [1.807, 2.05) is 27.7 Å². The minimum atomic E-state index is -0.494. The van der Waals surface area contributed by atoms with Gasteiger partial charge in [0.2, 0.25) is 10.8 Å². The molecule has 1 fully saturated rings. The highest BCUT2D eigenvalue weighted by Crippen LogP contribution is 2.29. The zero-order chi connectivity index (χ0) is 16.8. The topological polar surface area (TPSA) is 79.9 Å². The van der Waals surface area contributed by atoms with Crippen molar-refractivity contribution in [3.63, 3.8) is 0 Å². The summed E-state index contributed by atoms with van der Waals surface area (Å²) in [6.45, 7) is 9.50. The predicted octanol–water partition coefficient (Wildman–Crippen LogP) is 3.00. The summed E-state index contributed by atoms with van der Waals surface area (Å²) in [5.41, 5.74) is 5.80. The second-order valence-electron chi connectivity index (χ2n) is 6.53. The molecule has 1 amide bonds. The van der Waals surface area contributed by atoms with Gasteiger partial charge in [0.1, 0.15) is 21.5 Å². The normalized spacial score (nSPS) is 15.8. The fraction of sp³-hybridized carbons (Fsp3) is 0.857. The minimum absolute atomic E-state index is 0.0758. The molecule has 0 spiro atoms. The van der Waals surface area contributed by atoms with Gasteiger partial charge in [-0.25, -0.2) is 0 Å². The summed E-state index contributed by atoms with van der Waals surface area (Å²) < 4.78 is 6.56.